The molecule has 0 heterocycles. The Hall–Kier alpha value is -1.66. The molecular weight excluding hydrogens is 247 g/mol. The smallest absolute Gasteiger partial charge is 0.419 e. The van der Waals surface area contributed by atoms with E-state index >= 15 is 0 Å². The number of carbonyl (C=O) groups is 1. The zero-order valence-electron chi connectivity index (χ0n) is 8.30. The average Bonchev–Trinajstić information content (AvgIpc) is 2.24. The Kier molecular flexibility index (Phi) is 4.03. The fourth-order valence-corrected chi connectivity index (χ4v) is 1.18. The SMILES string of the molecule is O=Cc1cccc(C(F)(F)F)c1OCC(F)F. The van der Waals surface area contributed by atoms with Crippen molar-refractivity contribution in [3.63, 3.8) is 0 Å². The maximum atomic E-state index is 12.5. The summed E-state index contributed by atoms with van der Waals surface area (Å²) in [5.41, 5.74) is -1.66. The van der Waals surface area contributed by atoms with Crippen LogP contribution in [0.5, 0.6) is 5.75 Å². The summed E-state index contributed by atoms with van der Waals surface area (Å²) in [6, 6.07) is 2.72. The zero-order valence-corrected chi connectivity index (χ0v) is 8.30. The van der Waals surface area contributed by atoms with Crippen LogP contribution in [-0.4, -0.2) is 19.3 Å². The molecule has 0 saturated heterocycles. The number of hydrogen-bond donors (Lipinski definition) is 0. The Morgan fingerprint density at radius 2 is 1.94 bits per heavy atom. The third-order valence-corrected chi connectivity index (χ3v) is 1.83. The Balaban J connectivity index is 3.16. The lowest BCUT2D eigenvalue weighted by Gasteiger charge is -2.15. The van der Waals surface area contributed by atoms with Gasteiger partial charge in [0.1, 0.15) is 12.4 Å². The van der Waals surface area contributed by atoms with Gasteiger partial charge in [0, 0.05) is 0 Å². The Bertz CT molecular complexity index is 400. The van der Waals surface area contributed by atoms with Gasteiger partial charge in [-0.05, 0) is 12.1 Å². The number of halogens is 5. The van der Waals surface area contributed by atoms with Gasteiger partial charge in [-0.2, -0.15) is 13.2 Å². The van der Waals surface area contributed by atoms with Crippen molar-refractivity contribution in [2.75, 3.05) is 6.61 Å². The molecule has 0 saturated carbocycles. The van der Waals surface area contributed by atoms with Crippen LogP contribution < -0.4 is 4.74 Å². The third-order valence-electron chi connectivity index (χ3n) is 1.83. The molecule has 1 aromatic rings. The van der Waals surface area contributed by atoms with Crippen LogP contribution in [0.15, 0.2) is 18.2 Å². The first-order chi connectivity index (χ1) is 7.86. The molecule has 0 atom stereocenters. The topological polar surface area (TPSA) is 26.3 Å². The van der Waals surface area contributed by atoms with Gasteiger partial charge in [-0.3, -0.25) is 4.79 Å². The molecule has 0 aliphatic rings. The number of rotatable bonds is 4. The monoisotopic (exact) mass is 254 g/mol. The second-order valence-corrected chi connectivity index (χ2v) is 3.04. The molecule has 0 bridgehead atoms. The van der Waals surface area contributed by atoms with Gasteiger partial charge in [0.15, 0.2) is 6.29 Å². The summed E-state index contributed by atoms with van der Waals surface area (Å²) >= 11 is 0. The number of ether oxygens (including phenoxy) is 1. The molecule has 2 nitrogen and oxygen atoms in total. The maximum Gasteiger partial charge on any atom is 0.419 e. The number of carbonyl (C=O) groups excluding carboxylic acids is 1. The molecule has 0 fully saturated rings. The molecular formula is C10H7F5O2. The summed E-state index contributed by atoms with van der Waals surface area (Å²) in [6.45, 7) is -1.20. The zero-order chi connectivity index (χ0) is 13.1. The van der Waals surface area contributed by atoms with Gasteiger partial charge in [0.05, 0.1) is 11.1 Å². The number of para-hydroxylation sites is 1. The van der Waals surface area contributed by atoms with Crippen LogP contribution in [0.3, 0.4) is 0 Å². The molecule has 0 amide bonds. The van der Waals surface area contributed by atoms with Crippen molar-refractivity contribution in [1.82, 2.24) is 0 Å². The van der Waals surface area contributed by atoms with Crippen molar-refractivity contribution in [1.29, 1.82) is 0 Å². The molecule has 0 aromatic heterocycles. The third kappa shape index (κ3) is 3.40. The van der Waals surface area contributed by atoms with Crippen LogP contribution in [0.1, 0.15) is 15.9 Å². The van der Waals surface area contributed by atoms with Gasteiger partial charge in [-0.25, -0.2) is 8.78 Å². The van der Waals surface area contributed by atoms with E-state index < -0.39 is 36.1 Å². The Morgan fingerprint density at radius 3 is 2.41 bits per heavy atom. The van der Waals surface area contributed by atoms with Gasteiger partial charge in [-0.1, -0.05) is 6.07 Å². The van der Waals surface area contributed by atoms with E-state index in [4.69, 9.17) is 0 Å². The number of aldehydes is 1. The lowest BCUT2D eigenvalue weighted by molar-refractivity contribution is -0.139. The number of alkyl halides is 5. The van der Waals surface area contributed by atoms with Crippen LogP contribution in [-0.2, 0) is 6.18 Å². The Labute approximate surface area is 93.0 Å². The van der Waals surface area contributed by atoms with E-state index in [9.17, 15) is 26.7 Å². The molecule has 0 aliphatic carbocycles. The van der Waals surface area contributed by atoms with E-state index in [1.54, 1.807) is 0 Å². The molecule has 1 aromatic carbocycles. The second-order valence-electron chi connectivity index (χ2n) is 3.04. The van der Waals surface area contributed by atoms with Crippen LogP contribution in [0, 0.1) is 0 Å². The first-order valence-electron chi connectivity index (χ1n) is 4.42. The molecule has 0 spiro atoms. The molecule has 0 unspecified atom stereocenters. The largest absolute Gasteiger partial charge is 0.486 e. The standard InChI is InChI=1S/C10H7F5O2/c11-8(12)5-17-9-6(4-16)2-1-3-7(9)10(13,14)15/h1-4,8H,5H2. The maximum absolute atomic E-state index is 12.5. The first kappa shape index (κ1) is 13.4. The van der Waals surface area contributed by atoms with Gasteiger partial charge >= 0.3 is 6.18 Å². The van der Waals surface area contributed by atoms with E-state index in [0.29, 0.717) is 6.07 Å². The summed E-state index contributed by atoms with van der Waals surface area (Å²) < 4.78 is 65.6. The highest BCUT2D eigenvalue weighted by atomic mass is 19.4. The molecule has 94 valence electrons. The summed E-state index contributed by atoms with van der Waals surface area (Å²) in [4.78, 5) is 10.5. The minimum Gasteiger partial charge on any atom is -0.486 e. The van der Waals surface area contributed by atoms with E-state index in [2.05, 4.69) is 4.74 Å². The fraction of sp³-hybridized carbons (Fsp3) is 0.300. The van der Waals surface area contributed by atoms with E-state index in [1.807, 2.05) is 0 Å². The highest BCUT2D eigenvalue weighted by Gasteiger charge is 2.35. The molecule has 0 aliphatic heterocycles. The summed E-state index contributed by atoms with van der Waals surface area (Å²) in [7, 11) is 0. The van der Waals surface area contributed by atoms with Crippen LogP contribution >= 0.6 is 0 Å². The van der Waals surface area contributed by atoms with Gasteiger partial charge < -0.3 is 4.74 Å². The molecule has 1 rings (SSSR count). The van der Waals surface area contributed by atoms with Crippen molar-refractivity contribution < 1.29 is 31.5 Å². The molecule has 0 N–H and O–H groups in total. The molecule has 17 heavy (non-hydrogen) atoms. The summed E-state index contributed by atoms with van der Waals surface area (Å²) in [6.07, 6.45) is -7.57. The number of hydrogen-bond acceptors (Lipinski definition) is 2. The van der Waals surface area contributed by atoms with E-state index in [0.717, 1.165) is 12.1 Å². The van der Waals surface area contributed by atoms with Crippen molar-refractivity contribution in [2.45, 2.75) is 12.6 Å². The fourth-order valence-electron chi connectivity index (χ4n) is 1.18. The minimum absolute atomic E-state index is 0.121. The Morgan fingerprint density at radius 1 is 1.29 bits per heavy atom. The molecule has 7 heteroatoms. The van der Waals surface area contributed by atoms with Crippen molar-refractivity contribution in [2.24, 2.45) is 0 Å². The summed E-state index contributed by atoms with van der Waals surface area (Å²) in [5, 5.41) is 0. The number of benzene rings is 1. The summed E-state index contributed by atoms with van der Waals surface area (Å²) in [5.74, 6) is -0.865. The van der Waals surface area contributed by atoms with Gasteiger partial charge in [-0.15, -0.1) is 0 Å². The van der Waals surface area contributed by atoms with Gasteiger partial charge in [0.2, 0.25) is 0 Å². The quantitative estimate of drug-likeness (QED) is 0.609. The van der Waals surface area contributed by atoms with Gasteiger partial charge in [0.25, 0.3) is 6.43 Å². The van der Waals surface area contributed by atoms with Crippen molar-refractivity contribution in [3.05, 3.63) is 29.3 Å². The van der Waals surface area contributed by atoms with E-state index in [1.165, 1.54) is 0 Å². The van der Waals surface area contributed by atoms with E-state index in [-0.39, 0.29) is 6.29 Å². The predicted octanol–water partition coefficient (Wildman–Crippen LogP) is 3.16. The van der Waals surface area contributed by atoms with Crippen LogP contribution in [0.2, 0.25) is 0 Å². The predicted molar refractivity (Wildman–Crippen MR) is 48.3 cm³/mol. The average molecular weight is 254 g/mol. The van der Waals surface area contributed by atoms with Crippen LogP contribution in [0.4, 0.5) is 22.0 Å². The lowest BCUT2D eigenvalue weighted by Crippen LogP contribution is -2.14. The van der Waals surface area contributed by atoms with Crippen LogP contribution in [0.25, 0.3) is 0 Å². The highest BCUT2D eigenvalue weighted by molar-refractivity contribution is 5.80. The normalized spacial score (nSPS) is 11.6. The first-order valence-corrected chi connectivity index (χ1v) is 4.42. The minimum atomic E-state index is -4.77. The van der Waals surface area contributed by atoms with Crippen molar-refractivity contribution in [3.8, 4) is 5.75 Å². The second kappa shape index (κ2) is 5.11. The van der Waals surface area contributed by atoms with Crippen molar-refractivity contribution >= 4 is 6.29 Å². The highest BCUT2D eigenvalue weighted by Crippen LogP contribution is 2.37. The molecule has 0 radical (unpaired) electrons. The lowest BCUT2D eigenvalue weighted by atomic mass is 10.1.